The Kier molecular flexibility index (Phi) is 5.59. The molecular weight excluding hydrogens is 386 g/mol. The predicted octanol–water partition coefficient (Wildman–Crippen LogP) is 3.07. The zero-order chi connectivity index (χ0) is 21.3. The first-order valence-corrected chi connectivity index (χ1v) is 9.68. The molecule has 1 atom stereocenters. The van der Waals surface area contributed by atoms with Crippen molar-refractivity contribution in [2.45, 2.75) is 19.4 Å². The molecule has 2 N–H and O–H groups in total. The lowest BCUT2D eigenvalue weighted by Crippen LogP contribution is -2.31. The molecule has 0 radical (unpaired) electrons. The number of nitrogens with one attached hydrogen (secondary N) is 1. The number of hydrogen-bond acceptors (Lipinski definition) is 8. The van der Waals surface area contributed by atoms with Crippen molar-refractivity contribution in [3.05, 3.63) is 46.2 Å². The molecule has 1 unspecified atom stereocenters. The zero-order valence-electron chi connectivity index (χ0n) is 17.2. The molecule has 2 aromatic carbocycles. The van der Waals surface area contributed by atoms with E-state index in [0.717, 1.165) is 35.5 Å². The zero-order valence-corrected chi connectivity index (χ0v) is 17.2. The molecule has 0 spiro atoms. The summed E-state index contributed by atoms with van der Waals surface area (Å²) in [6.07, 6.45) is 0.891. The van der Waals surface area contributed by atoms with Gasteiger partial charge in [-0.1, -0.05) is 11.8 Å². The van der Waals surface area contributed by atoms with Gasteiger partial charge in [0.25, 0.3) is 0 Å². The predicted molar refractivity (Wildman–Crippen MR) is 113 cm³/mol. The number of aryl methyl sites for hydroxylation is 1. The molecule has 2 aliphatic rings. The van der Waals surface area contributed by atoms with Gasteiger partial charge in [0.05, 0.1) is 19.3 Å². The van der Waals surface area contributed by atoms with Crippen molar-refractivity contribution in [1.29, 1.82) is 0 Å². The van der Waals surface area contributed by atoms with E-state index in [2.05, 4.69) is 22.1 Å². The Morgan fingerprint density at radius 1 is 1.37 bits per heavy atom. The summed E-state index contributed by atoms with van der Waals surface area (Å²) in [7, 11) is 3.69. The summed E-state index contributed by atoms with van der Waals surface area (Å²) < 4.78 is 16.9. The van der Waals surface area contributed by atoms with Crippen molar-refractivity contribution in [2.75, 3.05) is 44.6 Å². The Balaban J connectivity index is 1.55. The highest BCUT2D eigenvalue weighted by atomic mass is 16.8. The summed E-state index contributed by atoms with van der Waals surface area (Å²) in [6, 6.07) is 6.83. The van der Waals surface area contributed by atoms with Crippen LogP contribution in [-0.2, 0) is 6.42 Å². The van der Waals surface area contributed by atoms with Gasteiger partial charge in [-0.15, -0.1) is 0 Å². The van der Waals surface area contributed by atoms with Gasteiger partial charge >= 0.3 is 0 Å². The smallest absolute Gasteiger partial charge is 0.231 e. The maximum absolute atomic E-state index is 11.0. The summed E-state index contributed by atoms with van der Waals surface area (Å²) >= 11 is 0. The minimum absolute atomic E-state index is 0.119. The highest BCUT2D eigenvalue weighted by Crippen LogP contribution is 2.49. The monoisotopic (exact) mass is 410 g/mol. The lowest BCUT2D eigenvalue weighted by molar-refractivity contribution is 0.171. The number of ether oxygens (including phenoxy) is 3. The third-order valence-corrected chi connectivity index (χ3v) is 5.43. The fourth-order valence-corrected chi connectivity index (χ4v) is 3.87. The van der Waals surface area contributed by atoms with Crippen LogP contribution in [0.1, 0.15) is 22.7 Å². The molecule has 8 nitrogen and oxygen atoms in total. The number of methoxy groups -OCH3 is 1. The van der Waals surface area contributed by atoms with E-state index >= 15 is 0 Å². The Morgan fingerprint density at radius 2 is 2.20 bits per heavy atom. The molecule has 0 bridgehead atoms. The summed E-state index contributed by atoms with van der Waals surface area (Å²) in [4.78, 5) is 2.20. The number of likely N-dealkylation sites (N-methyl/N-ethyl adjacent to an activating group) is 1. The maximum Gasteiger partial charge on any atom is 0.231 e. The minimum Gasteiger partial charge on any atom is -0.733 e. The lowest BCUT2D eigenvalue weighted by atomic mass is 9.91. The highest BCUT2D eigenvalue weighted by molar-refractivity contribution is 5.63. The summed E-state index contributed by atoms with van der Waals surface area (Å²) in [6.45, 7) is 3.38. The van der Waals surface area contributed by atoms with Crippen LogP contribution in [0.15, 0.2) is 24.3 Å². The molecule has 0 aliphatic carbocycles. The summed E-state index contributed by atoms with van der Waals surface area (Å²) in [5.74, 6) is 8.62. The molecule has 2 heterocycles. The van der Waals surface area contributed by atoms with Crippen LogP contribution in [0, 0.1) is 24.0 Å². The molecule has 0 saturated heterocycles. The average Bonchev–Trinajstić information content (AvgIpc) is 3.20. The van der Waals surface area contributed by atoms with Gasteiger partial charge in [0.2, 0.25) is 12.5 Å². The normalized spacial score (nSPS) is 17.0. The quantitative estimate of drug-likeness (QED) is 0.587. The second-order valence-electron chi connectivity index (χ2n) is 7.30. The van der Waals surface area contributed by atoms with E-state index in [1.807, 2.05) is 20.0 Å². The van der Waals surface area contributed by atoms with Gasteiger partial charge in [0.1, 0.15) is 6.04 Å². The molecule has 4 rings (SSSR count). The van der Waals surface area contributed by atoms with E-state index < -0.39 is 0 Å². The molecule has 0 amide bonds. The largest absolute Gasteiger partial charge is 0.733 e. The van der Waals surface area contributed by atoms with Crippen molar-refractivity contribution in [3.8, 4) is 29.1 Å². The van der Waals surface area contributed by atoms with Crippen LogP contribution in [0.3, 0.4) is 0 Å². The van der Waals surface area contributed by atoms with Crippen molar-refractivity contribution in [3.63, 3.8) is 0 Å². The number of anilines is 2. The molecule has 0 saturated carbocycles. The Morgan fingerprint density at radius 3 is 2.93 bits per heavy atom. The van der Waals surface area contributed by atoms with Crippen LogP contribution in [-0.4, -0.2) is 44.1 Å². The standard InChI is InChI=1S/C22H24N3O5/c1-14-11-16(25(26)27)6-7-17(14)23-9-4-5-18-20-15(8-10-24(18)2)12-19-21(22(20)28-3)30-13-29-19/h6-7,11-12,18,23,26H,8-10,13H2,1-3H3/q-1. The van der Waals surface area contributed by atoms with Gasteiger partial charge in [-0.3, -0.25) is 10.1 Å². The first kappa shape index (κ1) is 20.2. The number of rotatable bonds is 4. The van der Waals surface area contributed by atoms with Crippen LogP contribution in [0.25, 0.3) is 0 Å². The summed E-state index contributed by atoms with van der Waals surface area (Å²) in [5.41, 5.74) is 4.09. The van der Waals surface area contributed by atoms with Crippen LogP contribution < -0.4 is 24.8 Å². The van der Waals surface area contributed by atoms with Gasteiger partial charge in [-0.25, -0.2) is 0 Å². The average molecular weight is 410 g/mol. The highest BCUT2D eigenvalue weighted by Gasteiger charge is 2.33. The lowest BCUT2D eigenvalue weighted by Gasteiger charge is -2.32. The van der Waals surface area contributed by atoms with Crippen LogP contribution >= 0.6 is 0 Å². The van der Waals surface area contributed by atoms with Crippen LogP contribution in [0.5, 0.6) is 17.2 Å². The third kappa shape index (κ3) is 3.71. The fraction of sp³-hybridized carbons (Fsp3) is 0.364. The van der Waals surface area contributed by atoms with E-state index in [9.17, 15) is 5.21 Å². The molecule has 30 heavy (non-hydrogen) atoms. The number of nitrogens with zero attached hydrogens (tertiary/aromatic N) is 2. The minimum atomic E-state index is -0.147. The van der Waals surface area contributed by atoms with E-state index in [1.54, 1.807) is 25.3 Å². The third-order valence-electron chi connectivity index (χ3n) is 5.43. The van der Waals surface area contributed by atoms with Gasteiger partial charge in [-0.05, 0) is 55.8 Å². The van der Waals surface area contributed by atoms with Crippen molar-refractivity contribution >= 4 is 11.4 Å². The molecule has 2 aromatic rings. The maximum atomic E-state index is 11.0. The number of fused-ring (bicyclic) bond motifs is 2. The van der Waals surface area contributed by atoms with E-state index in [1.165, 1.54) is 5.56 Å². The van der Waals surface area contributed by atoms with E-state index in [4.69, 9.17) is 19.4 Å². The first-order chi connectivity index (χ1) is 14.5. The molecule has 158 valence electrons. The molecular formula is C22H24N3O5-. The SMILES string of the molecule is COc1c2c(cc3c1C(C#CCNc1ccc(N([O-])O)cc1C)N(C)CC3)OCO2. The van der Waals surface area contributed by atoms with Crippen molar-refractivity contribution in [2.24, 2.45) is 0 Å². The van der Waals surface area contributed by atoms with Crippen molar-refractivity contribution < 1.29 is 19.4 Å². The Hall–Kier alpha value is -3.12. The van der Waals surface area contributed by atoms with Gasteiger partial charge in [0.15, 0.2) is 11.5 Å². The molecule has 8 heteroatoms. The van der Waals surface area contributed by atoms with Gasteiger partial charge in [0, 0.05) is 17.8 Å². The van der Waals surface area contributed by atoms with Gasteiger partial charge in [-0.2, -0.15) is 0 Å². The van der Waals surface area contributed by atoms with Crippen LogP contribution in [0.2, 0.25) is 0 Å². The van der Waals surface area contributed by atoms with E-state index in [-0.39, 0.29) is 23.7 Å². The molecule has 2 aliphatic heterocycles. The van der Waals surface area contributed by atoms with Crippen molar-refractivity contribution in [1.82, 2.24) is 4.90 Å². The van der Waals surface area contributed by atoms with Crippen LogP contribution in [0.4, 0.5) is 11.4 Å². The number of benzene rings is 2. The second kappa shape index (κ2) is 8.32. The molecule has 0 aromatic heterocycles. The second-order valence-corrected chi connectivity index (χ2v) is 7.30. The Labute approximate surface area is 175 Å². The summed E-state index contributed by atoms with van der Waals surface area (Å²) in [5, 5.41) is 23.1. The fourth-order valence-electron chi connectivity index (χ4n) is 3.87. The van der Waals surface area contributed by atoms with E-state index in [0.29, 0.717) is 18.0 Å². The molecule has 0 fully saturated rings. The topological polar surface area (TPSA) is 89.5 Å². The first-order valence-electron chi connectivity index (χ1n) is 9.68. The number of hydrogen-bond donors (Lipinski definition) is 2. The van der Waals surface area contributed by atoms with Gasteiger partial charge < -0.3 is 30.0 Å². The Bertz CT molecular complexity index is 1010.